The molecule has 1 aliphatic heterocycles. The van der Waals surface area contributed by atoms with Crippen LogP contribution in [-0.2, 0) is 9.53 Å². The van der Waals surface area contributed by atoms with Gasteiger partial charge in [0.15, 0.2) is 18.5 Å². The Morgan fingerprint density at radius 2 is 2.06 bits per heavy atom. The minimum atomic E-state index is -1.00. The Bertz CT molecular complexity index is 439. The third-order valence-corrected chi connectivity index (χ3v) is 2.46. The summed E-state index contributed by atoms with van der Waals surface area (Å²) >= 11 is 0. The van der Waals surface area contributed by atoms with Gasteiger partial charge in [-0.1, -0.05) is 36.9 Å². The van der Waals surface area contributed by atoms with Crippen LogP contribution in [-0.4, -0.2) is 29.6 Å². The molecule has 2 unspecified atom stereocenters. The largest absolute Gasteiger partial charge is 0.480 e. The van der Waals surface area contributed by atoms with Crippen LogP contribution >= 0.6 is 0 Å². The molecule has 0 saturated heterocycles. The van der Waals surface area contributed by atoms with Crippen molar-refractivity contribution < 1.29 is 14.6 Å². The van der Waals surface area contributed by atoms with Crippen molar-refractivity contribution in [2.24, 2.45) is 4.99 Å². The first kappa shape index (κ1) is 10.4. The second-order valence-electron chi connectivity index (χ2n) is 3.49. The van der Waals surface area contributed by atoms with E-state index >= 15 is 0 Å². The number of benzene rings is 1. The topological polar surface area (TPSA) is 58.9 Å². The van der Waals surface area contributed by atoms with Crippen molar-refractivity contribution in [2.75, 3.05) is 0 Å². The van der Waals surface area contributed by atoms with Crippen molar-refractivity contribution in [3.05, 3.63) is 42.5 Å². The van der Waals surface area contributed by atoms with Gasteiger partial charge in [0.25, 0.3) is 0 Å². The first-order valence-corrected chi connectivity index (χ1v) is 4.84. The average Bonchev–Trinajstić information content (AvgIpc) is 2.78. The Morgan fingerprint density at radius 1 is 1.38 bits per heavy atom. The van der Waals surface area contributed by atoms with Crippen molar-refractivity contribution in [1.82, 2.24) is 0 Å². The van der Waals surface area contributed by atoms with Gasteiger partial charge in [0.1, 0.15) is 0 Å². The third kappa shape index (κ3) is 1.82. The molecule has 0 amide bonds. The minimum Gasteiger partial charge on any atom is -0.480 e. The zero-order valence-electron chi connectivity index (χ0n) is 8.54. The van der Waals surface area contributed by atoms with Crippen molar-refractivity contribution in [1.29, 1.82) is 0 Å². The monoisotopic (exact) mass is 217 g/mol. The molecule has 2 rings (SSSR count). The summed E-state index contributed by atoms with van der Waals surface area (Å²) in [5.74, 6) is -1.00. The maximum atomic E-state index is 10.9. The van der Waals surface area contributed by atoms with Crippen molar-refractivity contribution in [3.63, 3.8) is 0 Å². The standard InChI is InChI=1S/C12H11NO3/c1-8(9-5-3-2-4-6-9)11-10(12(14)15)13-7-16-11/h2-7,10-11H,1H2,(H,14,15). The smallest absolute Gasteiger partial charge is 0.332 e. The molecule has 16 heavy (non-hydrogen) atoms. The molecular weight excluding hydrogens is 206 g/mol. The number of carboxylic acids is 1. The fourth-order valence-corrected chi connectivity index (χ4v) is 1.60. The zero-order chi connectivity index (χ0) is 11.5. The molecule has 0 aliphatic carbocycles. The molecule has 1 heterocycles. The van der Waals surface area contributed by atoms with Crippen molar-refractivity contribution >= 4 is 17.9 Å². The van der Waals surface area contributed by atoms with Gasteiger partial charge in [0, 0.05) is 0 Å². The quantitative estimate of drug-likeness (QED) is 0.836. The molecule has 0 fully saturated rings. The lowest BCUT2D eigenvalue weighted by Crippen LogP contribution is -2.30. The van der Waals surface area contributed by atoms with Crippen LogP contribution in [0.25, 0.3) is 5.57 Å². The van der Waals surface area contributed by atoms with E-state index in [-0.39, 0.29) is 0 Å². The molecule has 0 radical (unpaired) electrons. The Kier molecular flexibility index (Phi) is 2.72. The summed E-state index contributed by atoms with van der Waals surface area (Å²) in [7, 11) is 0. The summed E-state index contributed by atoms with van der Waals surface area (Å²) in [5.41, 5.74) is 1.50. The van der Waals surface area contributed by atoms with E-state index in [9.17, 15) is 4.79 Å². The predicted molar refractivity (Wildman–Crippen MR) is 60.3 cm³/mol. The van der Waals surface area contributed by atoms with Crippen LogP contribution in [0, 0.1) is 0 Å². The van der Waals surface area contributed by atoms with Gasteiger partial charge in [-0.3, -0.25) is 0 Å². The first-order valence-electron chi connectivity index (χ1n) is 4.84. The van der Waals surface area contributed by atoms with Crippen LogP contribution in [0.5, 0.6) is 0 Å². The van der Waals surface area contributed by atoms with E-state index in [0.29, 0.717) is 5.57 Å². The number of hydrogen-bond acceptors (Lipinski definition) is 3. The molecule has 4 nitrogen and oxygen atoms in total. The highest BCUT2D eigenvalue weighted by Gasteiger charge is 2.34. The molecule has 2 atom stereocenters. The van der Waals surface area contributed by atoms with E-state index in [4.69, 9.17) is 9.84 Å². The maximum absolute atomic E-state index is 10.9. The van der Waals surface area contributed by atoms with Crippen LogP contribution in [0.15, 0.2) is 41.9 Å². The molecule has 0 spiro atoms. The highest BCUT2D eigenvalue weighted by Crippen LogP contribution is 2.25. The minimum absolute atomic E-state index is 0.611. The van der Waals surface area contributed by atoms with Crippen molar-refractivity contribution in [2.45, 2.75) is 12.1 Å². The van der Waals surface area contributed by atoms with Crippen LogP contribution in [0.2, 0.25) is 0 Å². The van der Waals surface area contributed by atoms with Crippen LogP contribution < -0.4 is 0 Å². The summed E-state index contributed by atoms with van der Waals surface area (Å²) < 4.78 is 5.17. The second-order valence-corrected chi connectivity index (χ2v) is 3.49. The van der Waals surface area contributed by atoms with Gasteiger partial charge in [-0.2, -0.15) is 0 Å². The van der Waals surface area contributed by atoms with Crippen LogP contribution in [0.3, 0.4) is 0 Å². The lowest BCUT2D eigenvalue weighted by atomic mass is 9.97. The van der Waals surface area contributed by atoms with Gasteiger partial charge in [-0.25, -0.2) is 9.79 Å². The van der Waals surface area contributed by atoms with Gasteiger partial charge in [-0.05, 0) is 11.1 Å². The number of rotatable bonds is 3. The van der Waals surface area contributed by atoms with Crippen LogP contribution in [0.4, 0.5) is 0 Å². The summed E-state index contributed by atoms with van der Waals surface area (Å²) in [5, 5.41) is 8.94. The molecule has 4 heteroatoms. The van der Waals surface area contributed by atoms with E-state index in [2.05, 4.69) is 11.6 Å². The number of ether oxygens (including phenoxy) is 1. The third-order valence-electron chi connectivity index (χ3n) is 2.46. The fourth-order valence-electron chi connectivity index (χ4n) is 1.60. The molecular formula is C12H11NO3. The van der Waals surface area contributed by atoms with E-state index in [1.807, 2.05) is 30.3 Å². The number of carbonyl (C=O) groups is 1. The normalized spacial score (nSPS) is 22.8. The Labute approximate surface area is 92.9 Å². The Hall–Kier alpha value is -2.10. The molecule has 1 aromatic carbocycles. The predicted octanol–water partition coefficient (Wildman–Crippen LogP) is 1.58. The second kappa shape index (κ2) is 4.18. The fraction of sp³-hybridized carbons (Fsp3) is 0.167. The van der Waals surface area contributed by atoms with Crippen molar-refractivity contribution in [3.8, 4) is 0 Å². The lowest BCUT2D eigenvalue weighted by Gasteiger charge is -2.16. The van der Waals surface area contributed by atoms with Gasteiger partial charge < -0.3 is 9.84 Å². The number of aliphatic carboxylic acids is 1. The van der Waals surface area contributed by atoms with E-state index < -0.39 is 18.1 Å². The molecule has 0 saturated carbocycles. The summed E-state index contributed by atoms with van der Waals surface area (Å²) in [6, 6.07) is 8.45. The number of aliphatic imine (C=N–C) groups is 1. The lowest BCUT2D eigenvalue weighted by molar-refractivity contribution is -0.139. The molecule has 82 valence electrons. The van der Waals surface area contributed by atoms with Gasteiger partial charge >= 0.3 is 5.97 Å². The summed E-state index contributed by atoms with van der Waals surface area (Å²) in [6.45, 7) is 3.87. The van der Waals surface area contributed by atoms with E-state index in [1.165, 1.54) is 6.40 Å². The molecule has 1 aliphatic rings. The van der Waals surface area contributed by atoms with Crippen LogP contribution in [0.1, 0.15) is 5.56 Å². The number of hydrogen-bond donors (Lipinski definition) is 1. The molecule has 1 N–H and O–H groups in total. The average molecular weight is 217 g/mol. The Morgan fingerprint density at radius 3 is 2.69 bits per heavy atom. The SMILES string of the molecule is C=C(c1ccccc1)C1OC=NC1C(=O)O. The zero-order valence-corrected chi connectivity index (χ0v) is 8.54. The maximum Gasteiger partial charge on any atom is 0.332 e. The summed E-state index contributed by atoms with van der Waals surface area (Å²) in [6.07, 6.45) is 0.567. The Balaban J connectivity index is 2.21. The van der Waals surface area contributed by atoms with E-state index in [1.54, 1.807) is 0 Å². The highest BCUT2D eigenvalue weighted by atomic mass is 16.5. The van der Waals surface area contributed by atoms with Gasteiger partial charge in [0.05, 0.1) is 0 Å². The summed E-state index contributed by atoms with van der Waals surface area (Å²) in [4.78, 5) is 14.7. The van der Waals surface area contributed by atoms with E-state index in [0.717, 1.165) is 5.56 Å². The first-order chi connectivity index (χ1) is 7.70. The van der Waals surface area contributed by atoms with Gasteiger partial charge in [-0.15, -0.1) is 0 Å². The number of nitrogens with zero attached hydrogens (tertiary/aromatic N) is 1. The molecule has 1 aromatic rings. The highest BCUT2D eigenvalue weighted by molar-refractivity contribution is 5.84. The van der Waals surface area contributed by atoms with Gasteiger partial charge in [0.2, 0.25) is 0 Å². The number of carboxylic acid groups (broad SMARTS) is 1. The molecule has 0 aromatic heterocycles. The molecule has 0 bridgehead atoms.